The Bertz CT molecular complexity index is 802. The maximum absolute atomic E-state index is 12.5. The van der Waals surface area contributed by atoms with Crippen molar-refractivity contribution in [1.82, 2.24) is 24.9 Å². The zero-order valence-electron chi connectivity index (χ0n) is 17.0. The summed E-state index contributed by atoms with van der Waals surface area (Å²) in [6.07, 6.45) is 6.26. The lowest BCUT2D eigenvalue weighted by atomic mass is 9.72. The number of nitrogens with zero attached hydrogens (tertiary/aromatic N) is 5. The van der Waals surface area contributed by atoms with Crippen LogP contribution in [0, 0.1) is 5.41 Å². The van der Waals surface area contributed by atoms with Crippen LogP contribution < -0.4 is 0 Å². The molecular weight excluding hydrogens is 370 g/mol. The average molecular weight is 399 g/mol. The summed E-state index contributed by atoms with van der Waals surface area (Å²) < 4.78 is 10.4. The molecule has 29 heavy (non-hydrogen) atoms. The van der Waals surface area contributed by atoms with Crippen LogP contribution in [0.25, 0.3) is 0 Å². The van der Waals surface area contributed by atoms with Crippen LogP contribution in [0.1, 0.15) is 43.1 Å². The number of ether oxygens (including phenoxy) is 1. The first kappa shape index (κ1) is 20.0. The van der Waals surface area contributed by atoms with Crippen molar-refractivity contribution in [2.45, 2.75) is 45.2 Å². The summed E-state index contributed by atoms with van der Waals surface area (Å²) in [6.45, 7) is 4.70. The van der Waals surface area contributed by atoms with Gasteiger partial charge in [-0.25, -0.2) is 0 Å². The van der Waals surface area contributed by atoms with E-state index in [0.717, 1.165) is 44.6 Å². The minimum absolute atomic E-state index is 0.220. The van der Waals surface area contributed by atoms with Crippen LogP contribution in [-0.2, 0) is 29.0 Å². The molecule has 0 atom stereocenters. The second-order valence-electron chi connectivity index (χ2n) is 8.19. The molecular formula is C21H29N5O3. The number of pyridine rings is 1. The molecule has 0 aliphatic carbocycles. The molecule has 1 spiro atoms. The molecule has 2 aromatic rings. The Labute approximate surface area is 171 Å². The summed E-state index contributed by atoms with van der Waals surface area (Å²) in [6, 6.07) is 5.87. The van der Waals surface area contributed by atoms with Crippen molar-refractivity contribution >= 4 is 5.91 Å². The van der Waals surface area contributed by atoms with Gasteiger partial charge in [0.2, 0.25) is 11.8 Å². The smallest absolute Gasteiger partial charge is 0.240 e. The van der Waals surface area contributed by atoms with E-state index in [0.29, 0.717) is 44.3 Å². The minimum atomic E-state index is 0.220. The maximum Gasteiger partial charge on any atom is 0.240 e. The highest BCUT2D eigenvalue weighted by molar-refractivity contribution is 5.77. The van der Waals surface area contributed by atoms with Crippen LogP contribution in [0.5, 0.6) is 0 Å². The van der Waals surface area contributed by atoms with Crippen molar-refractivity contribution < 1.29 is 14.1 Å². The van der Waals surface area contributed by atoms with Crippen LogP contribution >= 0.6 is 0 Å². The monoisotopic (exact) mass is 399 g/mol. The predicted molar refractivity (Wildman–Crippen MR) is 106 cm³/mol. The Morgan fingerprint density at radius 3 is 2.83 bits per heavy atom. The third-order valence-corrected chi connectivity index (χ3v) is 6.14. The van der Waals surface area contributed by atoms with E-state index in [4.69, 9.17) is 9.26 Å². The van der Waals surface area contributed by atoms with Crippen molar-refractivity contribution in [3.05, 3.63) is 41.8 Å². The summed E-state index contributed by atoms with van der Waals surface area (Å²) in [5, 5.41) is 4.02. The molecule has 2 aliphatic rings. The Hall–Kier alpha value is -2.32. The van der Waals surface area contributed by atoms with Crippen LogP contribution in [-0.4, -0.2) is 64.2 Å². The Kier molecular flexibility index (Phi) is 6.20. The van der Waals surface area contributed by atoms with E-state index >= 15 is 0 Å². The standard InChI is InChI=1S/C21H29N5O3/c1-28-13-6-18-23-19(29-24-18)15-25-11-8-21(9-12-25)7-5-20(27)26(16-21)14-17-4-2-3-10-22-17/h2-4,10H,5-9,11-16H2,1H3. The lowest BCUT2D eigenvalue weighted by Gasteiger charge is -2.47. The first-order valence-corrected chi connectivity index (χ1v) is 10.4. The van der Waals surface area contributed by atoms with Crippen molar-refractivity contribution in [1.29, 1.82) is 0 Å². The molecule has 0 bridgehead atoms. The summed E-state index contributed by atoms with van der Waals surface area (Å²) in [7, 11) is 1.67. The van der Waals surface area contributed by atoms with Gasteiger partial charge >= 0.3 is 0 Å². The largest absolute Gasteiger partial charge is 0.384 e. The second kappa shape index (κ2) is 9.00. The summed E-state index contributed by atoms with van der Waals surface area (Å²) in [5.41, 5.74) is 1.17. The van der Waals surface area contributed by atoms with Crippen LogP contribution in [0.3, 0.4) is 0 Å². The molecule has 0 N–H and O–H groups in total. The molecule has 156 valence electrons. The number of rotatable bonds is 7. The highest BCUT2D eigenvalue weighted by Gasteiger charge is 2.41. The fourth-order valence-electron chi connectivity index (χ4n) is 4.37. The van der Waals surface area contributed by atoms with Crippen LogP contribution in [0.4, 0.5) is 0 Å². The number of aromatic nitrogens is 3. The molecule has 0 unspecified atom stereocenters. The quantitative estimate of drug-likeness (QED) is 0.704. The van der Waals surface area contributed by atoms with E-state index in [9.17, 15) is 4.79 Å². The molecule has 1 amide bonds. The SMILES string of the molecule is COCCc1noc(CN2CCC3(CCC(=O)N(Cc4ccccn4)C3)CC2)n1. The lowest BCUT2D eigenvalue weighted by molar-refractivity contribution is -0.140. The van der Waals surface area contributed by atoms with Gasteiger partial charge < -0.3 is 14.2 Å². The van der Waals surface area contributed by atoms with Gasteiger partial charge in [-0.2, -0.15) is 4.98 Å². The number of carbonyl (C=O) groups excluding carboxylic acids is 1. The average Bonchev–Trinajstić information content (AvgIpc) is 3.19. The highest BCUT2D eigenvalue weighted by atomic mass is 16.5. The van der Waals surface area contributed by atoms with Gasteiger partial charge in [-0.3, -0.25) is 14.7 Å². The molecule has 0 radical (unpaired) electrons. The third kappa shape index (κ3) is 5.00. The topological polar surface area (TPSA) is 84.6 Å². The summed E-state index contributed by atoms with van der Waals surface area (Å²) in [4.78, 5) is 25.7. The number of carbonyl (C=O) groups is 1. The van der Waals surface area contributed by atoms with E-state index in [2.05, 4.69) is 20.0 Å². The minimum Gasteiger partial charge on any atom is -0.384 e. The van der Waals surface area contributed by atoms with Gasteiger partial charge in [0.25, 0.3) is 0 Å². The fraction of sp³-hybridized carbons (Fsp3) is 0.619. The normalized spacial score (nSPS) is 19.8. The summed E-state index contributed by atoms with van der Waals surface area (Å²) in [5.74, 6) is 1.62. The van der Waals surface area contributed by atoms with E-state index in [1.165, 1.54) is 0 Å². The number of amides is 1. The number of piperidine rings is 2. The van der Waals surface area contributed by atoms with Crippen molar-refractivity contribution in [3.8, 4) is 0 Å². The molecule has 8 nitrogen and oxygen atoms in total. The lowest BCUT2D eigenvalue weighted by Crippen LogP contribution is -2.51. The number of methoxy groups -OCH3 is 1. The van der Waals surface area contributed by atoms with Gasteiger partial charge in [0, 0.05) is 32.7 Å². The maximum atomic E-state index is 12.5. The van der Waals surface area contributed by atoms with E-state index in [-0.39, 0.29) is 11.3 Å². The third-order valence-electron chi connectivity index (χ3n) is 6.14. The highest BCUT2D eigenvalue weighted by Crippen LogP contribution is 2.40. The van der Waals surface area contributed by atoms with Gasteiger partial charge in [-0.1, -0.05) is 11.2 Å². The first-order valence-electron chi connectivity index (χ1n) is 10.4. The van der Waals surface area contributed by atoms with Gasteiger partial charge in [0.15, 0.2) is 5.82 Å². The van der Waals surface area contributed by atoms with E-state index in [1.807, 2.05) is 23.1 Å². The zero-order valence-corrected chi connectivity index (χ0v) is 17.0. The molecule has 0 saturated carbocycles. The van der Waals surface area contributed by atoms with E-state index < -0.39 is 0 Å². The number of hydrogen-bond donors (Lipinski definition) is 0. The molecule has 8 heteroatoms. The Morgan fingerprint density at radius 1 is 1.21 bits per heavy atom. The van der Waals surface area contributed by atoms with Crippen molar-refractivity contribution in [3.63, 3.8) is 0 Å². The van der Waals surface area contributed by atoms with Gasteiger partial charge in [0.05, 0.1) is 25.4 Å². The molecule has 2 fully saturated rings. The first-order chi connectivity index (χ1) is 14.2. The fourth-order valence-corrected chi connectivity index (χ4v) is 4.37. The van der Waals surface area contributed by atoms with Gasteiger partial charge in [0.1, 0.15) is 0 Å². The number of likely N-dealkylation sites (tertiary alicyclic amines) is 2. The second-order valence-corrected chi connectivity index (χ2v) is 8.19. The van der Waals surface area contributed by atoms with Crippen LogP contribution in [0.15, 0.2) is 28.9 Å². The molecule has 2 aromatic heterocycles. The molecule has 4 heterocycles. The molecule has 2 aliphatic heterocycles. The summed E-state index contributed by atoms with van der Waals surface area (Å²) >= 11 is 0. The molecule has 0 aromatic carbocycles. The predicted octanol–water partition coefficient (Wildman–Crippen LogP) is 2.06. The number of hydrogen-bond acceptors (Lipinski definition) is 7. The van der Waals surface area contributed by atoms with Crippen LogP contribution in [0.2, 0.25) is 0 Å². The van der Waals surface area contributed by atoms with Gasteiger partial charge in [-0.15, -0.1) is 0 Å². The van der Waals surface area contributed by atoms with E-state index in [1.54, 1.807) is 13.3 Å². The molecule has 2 saturated heterocycles. The Morgan fingerprint density at radius 2 is 2.07 bits per heavy atom. The zero-order chi connectivity index (χ0) is 20.1. The molecule has 4 rings (SSSR count). The Balaban J connectivity index is 1.30. The van der Waals surface area contributed by atoms with Crippen molar-refractivity contribution in [2.24, 2.45) is 5.41 Å². The van der Waals surface area contributed by atoms with Gasteiger partial charge in [-0.05, 0) is 49.9 Å². The van der Waals surface area contributed by atoms with Crippen molar-refractivity contribution in [2.75, 3.05) is 33.4 Å².